The number of benzene rings is 2. The van der Waals surface area contributed by atoms with Crippen LogP contribution >= 0.6 is 23.2 Å². The van der Waals surface area contributed by atoms with Crippen LogP contribution in [0.2, 0.25) is 10.0 Å². The van der Waals surface area contributed by atoms with Crippen LogP contribution in [0.3, 0.4) is 0 Å². The lowest BCUT2D eigenvalue weighted by Crippen LogP contribution is -2.18. The van der Waals surface area contributed by atoms with Crippen LogP contribution in [-0.4, -0.2) is 6.61 Å². The zero-order chi connectivity index (χ0) is 14.8. The van der Waals surface area contributed by atoms with Crippen molar-refractivity contribution < 1.29 is 4.74 Å². The average Bonchev–Trinajstić information content (AvgIpc) is 2.93. The minimum absolute atomic E-state index is 0.162. The number of nitrogens with one attached hydrogen (secondary N) is 1. The summed E-state index contributed by atoms with van der Waals surface area (Å²) < 4.78 is 5.72. The van der Waals surface area contributed by atoms with Crippen LogP contribution in [0, 0.1) is 0 Å². The molecule has 1 aliphatic heterocycles. The predicted octanol–water partition coefficient (Wildman–Crippen LogP) is 4.78. The van der Waals surface area contributed by atoms with Gasteiger partial charge >= 0.3 is 0 Å². The fourth-order valence-corrected chi connectivity index (χ4v) is 3.24. The first-order valence-corrected chi connectivity index (χ1v) is 7.82. The van der Waals surface area contributed by atoms with Crippen LogP contribution in [0.1, 0.15) is 29.7 Å². The summed E-state index contributed by atoms with van der Waals surface area (Å²) in [6, 6.07) is 12.0. The second kappa shape index (κ2) is 6.27. The highest BCUT2D eigenvalue weighted by Gasteiger charge is 2.18. The Labute approximate surface area is 135 Å². The van der Waals surface area contributed by atoms with Crippen LogP contribution in [0.4, 0.5) is 0 Å². The monoisotopic (exact) mass is 321 g/mol. The van der Waals surface area contributed by atoms with Crippen molar-refractivity contribution >= 4 is 23.2 Å². The standard InChI is InChI=1S/C17H17Cl2NO/c1-11(15-4-2-3-5-16(15)19)20-10-13-9-14(18)8-12-6-7-21-17(12)13/h2-5,8-9,11,20H,6-7,10H2,1H3. The van der Waals surface area contributed by atoms with Crippen molar-refractivity contribution in [2.45, 2.75) is 25.9 Å². The first kappa shape index (κ1) is 14.7. The highest BCUT2D eigenvalue weighted by atomic mass is 35.5. The molecule has 0 saturated carbocycles. The molecule has 110 valence electrons. The Hall–Kier alpha value is -1.22. The molecular formula is C17H17Cl2NO. The lowest BCUT2D eigenvalue weighted by atomic mass is 10.1. The topological polar surface area (TPSA) is 21.3 Å². The molecular weight excluding hydrogens is 305 g/mol. The molecule has 0 aromatic heterocycles. The van der Waals surface area contributed by atoms with Gasteiger partial charge < -0.3 is 10.1 Å². The van der Waals surface area contributed by atoms with Crippen molar-refractivity contribution in [1.82, 2.24) is 5.32 Å². The number of rotatable bonds is 4. The maximum absolute atomic E-state index is 6.23. The molecule has 0 amide bonds. The maximum Gasteiger partial charge on any atom is 0.127 e. The SMILES string of the molecule is CC(NCc1cc(Cl)cc2c1OCC2)c1ccccc1Cl. The van der Waals surface area contributed by atoms with Gasteiger partial charge in [0, 0.05) is 34.6 Å². The first-order chi connectivity index (χ1) is 10.1. The molecule has 0 saturated heterocycles. The highest BCUT2D eigenvalue weighted by Crippen LogP contribution is 2.33. The van der Waals surface area contributed by atoms with E-state index in [4.69, 9.17) is 27.9 Å². The molecule has 1 unspecified atom stereocenters. The summed E-state index contributed by atoms with van der Waals surface area (Å²) in [6.07, 6.45) is 0.933. The van der Waals surface area contributed by atoms with E-state index in [2.05, 4.69) is 12.2 Å². The second-order valence-electron chi connectivity index (χ2n) is 5.28. The molecule has 1 atom stereocenters. The molecule has 2 aromatic carbocycles. The van der Waals surface area contributed by atoms with E-state index in [0.717, 1.165) is 39.9 Å². The summed E-state index contributed by atoms with van der Waals surface area (Å²) in [5, 5.41) is 5.04. The van der Waals surface area contributed by atoms with E-state index >= 15 is 0 Å². The molecule has 0 radical (unpaired) electrons. The quantitative estimate of drug-likeness (QED) is 0.875. The van der Waals surface area contributed by atoms with Gasteiger partial charge in [-0.05, 0) is 36.2 Å². The number of halogens is 2. The van der Waals surface area contributed by atoms with Crippen LogP contribution in [0.15, 0.2) is 36.4 Å². The van der Waals surface area contributed by atoms with E-state index in [1.807, 2.05) is 36.4 Å². The molecule has 2 aromatic rings. The van der Waals surface area contributed by atoms with Crippen molar-refractivity contribution in [3.8, 4) is 5.75 Å². The van der Waals surface area contributed by atoms with Crippen molar-refractivity contribution in [1.29, 1.82) is 0 Å². The van der Waals surface area contributed by atoms with Gasteiger partial charge in [-0.2, -0.15) is 0 Å². The molecule has 0 spiro atoms. The smallest absolute Gasteiger partial charge is 0.127 e. The van der Waals surface area contributed by atoms with Crippen LogP contribution in [0.25, 0.3) is 0 Å². The molecule has 1 N–H and O–H groups in total. The van der Waals surface area contributed by atoms with E-state index < -0.39 is 0 Å². The van der Waals surface area contributed by atoms with Gasteiger partial charge in [0.25, 0.3) is 0 Å². The van der Waals surface area contributed by atoms with Crippen LogP contribution in [-0.2, 0) is 13.0 Å². The Morgan fingerprint density at radius 1 is 1.24 bits per heavy atom. The maximum atomic E-state index is 6.23. The fourth-order valence-electron chi connectivity index (χ4n) is 2.68. The molecule has 21 heavy (non-hydrogen) atoms. The molecule has 0 aliphatic carbocycles. The normalized spacial score (nSPS) is 14.6. The number of hydrogen-bond acceptors (Lipinski definition) is 2. The zero-order valence-electron chi connectivity index (χ0n) is 11.8. The third kappa shape index (κ3) is 3.18. The van der Waals surface area contributed by atoms with E-state index in [0.29, 0.717) is 6.54 Å². The molecule has 3 rings (SSSR count). The summed E-state index contributed by atoms with van der Waals surface area (Å²) in [6.45, 7) is 3.55. The zero-order valence-corrected chi connectivity index (χ0v) is 13.3. The van der Waals surface area contributed by atoms with Gasteiger partial charge in [0.1, 0.15) is 5.75 Å². The van der Waals surface area contributed by atoms with Gasteiger partial charge in [0.15, 0.2) is 0 Å². The Kier molecular flexibility index (Phi) is 4.39. The molecule has 0 bridgehead atoms. The fraction of sp³-hybridized carbons (Fsp3) is 0.294. The largest absolute Gasteiger partial charge is 0.493 e. The van der Waals surface area contributed by atoms with Gasteiger partial charge in [-0.25, -0.2) is 0 Å². The predicted molar refractivity (Wildman–Crippen MR) is 87.4 cm³/mol. The van der Waals surface area contributed by atoms with E-state index in [1.54, 1.807) is 0 Å². The summed E-state index contributed by atoms with van der Waals surface area (Å²) in [7, 11) is 0. The van der Waals surface area contributed by atoms with Crippen LogP contribution < -0.4 is 10.1 Å². The summed E-state index contributed by atoms with van der Waals surface area (Å²) in [4.78, 5) is 0. The second-order valence-corrected chi connectivity index (χ2v) is 6.12. The van der Waals surface area contributed by atoms with Gasteiger partial charge in [-0.15, -0.1) is 0 Å². The third-order valence-electron chi connectivity index (χ3n) is 3.80. The number of hydrogen-bond donors (Lipinski definition) is 1. The molecule has 1 heterocycles. The summed E-state index contributed by atoms with van der Waals surface area (Å²) >= 11 is 12.4. The van der Waals surface area contributed by atoms with Crippen LogP contribution in [0.5, 0.6) is 5.75 Å². The van der Waals surface area contributed by atoms with Gasteiger partial charge in [0.2, 0.25) is 0 Å². The lowest BCUT2D eigenvalue weighted by Gasteiger charge is -2.17. The molecule has 1 aliphatic rings. The van der Waals surface area contributed by atoms with E-state index in [9.17, 15) is 0 Å². The lowest BCUT2D eigenvalue weighted by molar-refractivity contribution is 0.351. The third-order valence-corrected chi connectivity index (χ3v) is 4.36. The molecule has 4 heteroatoms. The minimum Gasteiger partial charge on any atom is -0.493 e. The van der Waals surface area contributed by atoms with Crippen molar-refractivity contribution in [2.24, 2.45) is 0 Å². The van der Waals surface area contributed by atoms with Crippen molar-refractivity contribution in [3.05, 3.63) is 63.1 Å². The van der Waals surface area contributed by atoms with E-state index in [1.165, 1.54) is 5.56 Å². The summed E-state index contributed by atoms with van der Waals surface area (Å²) in [5.41, 5.74) is 3.40. The molecule has 0 fully saturated rings. The Bertz CT molecular complexity index is 657. The Balaban J connectivity index is 1.75. The van der Waals surface area contributed by atoms with E-state index in [-0.39, 0.29) is 6.04 Å². The molecule has 2 nitrogen and oxygen atoms in total. The average molecular weight is 322 g/mol. The summed E-state index contributed by atoms with van der Waals surface area (Å²) in [5.74, 6) is 0.984. The van der Waals surface area contributed by atoms with Gasteiger partial charge in [0.05, 0.1) is 6.61 Å². The van der Waals surface area contributed by atoms with Gasteiger partial charge in [-0.1, -0.05) is 41.4 Å². The van der Waals surface area contributed by atoms with Gasteiger partial charge in [-0.3, -0.25) is 0 Å². The van der Waals surface area contributed by atoms with Crippen molar-refractivity contribution in [3.63, 3.8) is 0 Å². The highest BCUT2D eigenvalue weighted by molar-refractivity contribution is 6.31. The number of ether oxygens (including phenoxy) is 1. The minimum atomic E-state index is 0.162. The number of fused-ring (bicyclic) bond motifs is 1. The Morgan fingerprint density at radius 2 is 2.05 bits per heavy atom. The first-order valence-electron chi connectivity index (χ1n) is 7.07. The Morgan fingerprint density at radius 3 is 2.86 bits per heavy atom. The van der Waals surface area contributed by atoms with Crippen molar-refractivity contribution in [2.75, 3.05) is 6.61 Å².